The Morgan fingerprint density at radius 1 is 1.41 bits per heavy atom. The normalized spacial score (nSPS) is 18.3. The van der Waals surface area contributed by atoms with Crippen LogP contribution in [0.5, 0.6) is 5.75 Å². The van der Waals surface area contributed by atoms with Gasteiger partial charge in [-0.15, -0.1) is 0 Å². The molecule has 0 aliphatic heterocycles. The SMILES string of the molecule is COc1cc(C(O)CC2CCCC2)ccc1Cl. The van der Waals surface area contributed by atoms with Crippen LogP contribution in [0.2, 0.25) is 5.02 Å². The van der Waals surface area contributed by atoms with Crippen LogP contribution >= 0.6 is 11.6 Å². The van der Waals surface area contributed by atoms with Gasteiger partial charge < -0.3 is 9.84 Å². The fraction of sp³-hybridized carbons (Fsp3) is 0.571. The predicted octanol–water partition coefficient (Wildman–Crippen LogP) is 3.96. The lowest BCUT2D eigenvalue weighted by Gasteiger charge is -2.16. The highest BCUT2D eigenvalue weighted by Crippen LogP contribution is 2.35. The molecule has 1 aromatic rings. The molecule has 2 rings (SSSR count). The smallest absolute Gasteiger partial charge is 0.137 e. The zero-order valence-corrected chi connectivity index (χ0v) is 10.9. The van der Waals surface area contributed by atoms with Crippen molar-refractivity contribution in [2.75, 3.05) is 7.11 Å². The van der Waals surface area contributed by atoms with E-state index in [1.165, 1.54) is 25.7 Å². The second-order valence-electron chi connectivity index (χ2n) is 4.80. The van der Waals surface area contributed by atoms with E-state index in [9.17, 15) is 5.11 Å². The molecule has 3 heteroatoms. The summed E-state index contributed by atoms with van der Waals surface area (Å²) >= 11 is 5.96. The molecule has 0 amide bonds. The standard InChI is InChI=1S/C14H19ClO2/c1-17-14-9-11(6-7-12(14)15)13(16)8-10-4-2-3-5-10/h6-7,9-10,13,16H,2-5,8H2,1H3. The Bertz CT molecular complexity index is 372. The lowest BCUT2D eigenvalue weighted by Crippen LogP contribution is -2.04. The molecule has 0 heterocycles. The minimum atomic E-state index is -0.399. The second-order valence-corrected chi connectivity index (χ2v) is 5.20. The van der Waals surface area contributed by atoms with Crippen LogP contribution in [0.1, 0.15) is 43.8 Å². The summed E-state index contributed by atoms with van der Waals surface area (Å²) in [5, 5.41) is 10.8. The quantitative estimate of drug-likeness (QED) is 0.881. The largest absolute Gasteiger partial charge is 0.495 e. The Labute approximate surface area is 108 Å². The number of benzene rings is 1. The molecule has 17 heavy (non-hydrogen) atoms. The molecule has 0 bridgehead atoms. The van der Waals surface area contributed by atoms with Crippen molar-refractivity contribution in [2.45, 2.75) is 38.2 Å². The number of methoxy groups -OCH3 is 1. The lowest BCUT2D eigenvalue weighted by atomic mass is 9.95. The van der Waals surface area contributed by atoms with Gasteiger partial charge in [0.1, 0.15) is 5.75 Å². The van der Waals surface area contributed by atoms with Crippen LogP contribution in [0.15, 0.2) is 18.2 Å². The van der Waals surface area contributed by atoms with E-state index in [1.807, 2.05) is 12.1 Å². The van der Waals surface area contributed by atoms with Crippen molar-refractivity contribution < 1.29 is 9.84 Å². The molecule has 94 valence electrons. The highest BCUT2D eigenvalue weighted by molar-refractivity contribution is 6.32. The zero-order chi connectivity index (χ0) is 12.3. The Kier molecular flexibility index (Phi) is 4.30. The first-order valence-corrected chi connectivity index (χ1v) is 6.60. The van der Waals surface area contributed by atoms with Gasteiger partial charge in [0.15, 0.2) is 0 Å². The van der Waals surface area contributed by atoms with Crippen LogP contribution in [0.25, 0.3) is 0 Å². The fourth-order valence-corrected chi connectivity index (χ4v) is 2.78. The number of aliphatic hydroxyl groups excluding tert-OH is 1. The highest BCUT2D eigenvalue weighted by Gasteiger charge is 2.20. The van der Waals surface area contributed by atoms with E-state index in [0.717, 1.165) is 12.0 Å². The van der Waals surface area contributed by atoms with Crippen molar-refractivity contribution in [2.24, 2.45) is 5.92 Å². The summed E-state index contributed by atoms with van der Waals surface area (Å²) in [5.74, 6) is 1.31. The van der Waals surface area contributed by atoms with E-state index in [0.29, 0.717) is 16.7 Å². The minimum absolute atomic E-state index is 0.399. The first-order valence-electron chi connectivity index (χ1n) is 6.22. The number of hydrogen-bond acceptors (Lipinski definition) is 2. The lowest BCUT2D eigenvalue weighted by molar-refractivity contribution is 0.144. The van der Waals surface area contributed by atoms with E-state index in [2.05, 4.69) is 0 Å². The molecule has 1 aliphatic carbocycles. The van der Waals surface area contributed by atoms with Gasteiger partial charge >= 0.3 is 0 Å². The number of aliphatic hydroxyl groups is 1. The first kappa shape index (κ1) is 12.7. The van der Waals surface area contributed by atoms with Crippen molar-refractivity contribution in [1.82, 2.24) is 0 Å². The molecular weight excluding hydrogens is 236 g/mol. The maximum absolute atomic E-state index is 10.2. The van der Waals surface area contributed by atoms with E-state index in [1.54, 1.807) is 13.2 Å². The summed E-state index contributed by atoms with van der Waals surface area (Å²) in [6.07, 6.45) is 5.57. The average Bonchev–Trinajstić information content (AvgIpc) is 2.82. The molecule has 1 aromatic carbocycles. The molecule has 0 spiro atoms. The molecule has 1 N–H and O–H groups in total. The zero-order valence-electron chi connectivity index (χ0n) is 10.2. The van der Waals surface area contributed by atoms with E-state index < -0.39 is 6.10 Å². The minimum Gasteiger partial charge on any atom is -0.495 e. The molecule has 2 nitrogen and oxygen atoms in total. The van der Waals surface area contributed by atoms with Crippen molar-refractivity contribution in [1.29, 1.82) is 0 Å². The predicted molar refractivity (Wildman–Crippen MR) is 69.5 cm³/mol. The summed E-state index contributed by atoms with van der Waals surface area (Å²) < 4.78 is 5.16. The Morgan fingerprint density at radius 2 is 2.12 bits per heavy atom. The van der Waals surface area contributed by atoms with Crippen molar-refractivity contribution in [3.63, 3.8) is 0 Å². The summed E-state index contributed by atoms with van der Waals surface area (Å²) in [7, 11) is 1.59. The average molecular weight is 255 g/mol. The van der Waals surface area contributed by atoms with Crippen molar-refractivity contribution in [3.05, 3.63) is 28.8 Å². The van der Waals surface area contributed by atoms with Crippen LogP contribution in [0, 0.1) is 5.92 Å². The van der Waals surface area contributed by atoms with Gasteiger partial charge in [-0.1, -0.05) is 43.4 Å². The first-order chi connectivity index (χ1) is 8.20. The van der Waals surface area contributed by atoms with Crippen molar-refractivity contribution >= 4 is 11.6 Å². The monoisotopic (exact) mass is 254 g/mol. The van der Waals surface area contributed by atoms with Gasteiger partial charge in [-0.3, -0.25) is 0 Å². The number of halogens is 1. The van der Waals surface area contributed by atoms with Gasteiger partial charge in [0.05, 0.1) is 18.2 Å². The van der Waals surface area contributed by atoms with Crippen LogP contribution < -0.4 is 4.74 Å². The third-order valence-electron chi connectivity index (χ3n) is 3.59. The summed E-state index contributed by atoms with van der Waals surface area (Å²) in [5.41, 5.74) is 0.901. The summed E-state index contributed by atoms with van der Waals surface area (Å²) in [6, 6.07) is 5.50. The Morgan fingerprint density at radius 3 is 2.76 bits per heavy atom. The van der Waals surface area contributed by atoms with E-state index >= 15 is 0 Å². The van der Waals surface area contributed by atoms with Crippen LogP contribution in [-0.2, 0) is 0 Å². The van der Waals surface area contributed by atoms with Gasteiger partial charge in [-0.25, -0.2) is 0 Å². The third-order valence-corrected chi connectivity index (χ3v) is 3.90. The van der Waals surface area contributed by atoms with Crippen LogP contribution in [-0.4, -0.2) is 12.2 Å². The van der Waals surface area contributed by atoms with Crippen LogP contribution in [0.3, 0.4) is 0 Å². The number of rotatable bonds is 4. The molecule has 1 aliphatic rings. The topological polar surface area (TPSA) is 29.5 Å². The highest BCUT2D eigenvalue weighted by atomic mass is 35.5. The Balaban J connectivity index is 2.04. The second kappa shape index (κ2) is 5.74. The third kappa shape index (κ3) is 3.14. The van der Waals surface area contributed by atoms with Gasteiger partial charge in [0, 0.05) is 0 Å². The van der Waals surface area contributed by atoms with E-state index in [4.69, 9.17) is 16.3 Å². The molecule has 1 saturated carbocycles. The van der Waals surface area contributed by atoms with Crippen molar-refractivity contribution in [3.8, 4) is 5.75 Å². The molecule has 0 aromatic heterocycles. The Hall–Kier alpha value is -0.730. The van der Waals surface area contributed by atoms with Gasteiger partial charge in [0.25, 0.3) is 0 Å². The van der Waals surface area contributed by atoms with E-state index in [-0.39, 0.29) is 0 Å². The van der Waals surface area contributed by atoms with Gasteiger partial charge in [0.2, 0.25) is 0 Å². The molecule has 0 radical (unpaired) electrons. The number of ether oxygens (including phenoxy) is 1. The van der Waals surface area contributed by atoms with Crippen LogP contribution in [0.4, 0.5) is 0 Å². The van der Waals surface area contributed by atoms with Gasteiger partial charge in [-0.2, -0.15) is 0 Å². The molecule has 0 saturated heterocycles. The maximum atomic E-state index is 10.2. The summed E-state index contributed by atoms with van der Waals surface area (Å²) in [4.78, 5) is 0. The van der Waals surface area contributed by atoms with Gasteiger partial charge in [-0.05, 0) is 30.0 Å². The fourth-order valence-electron chi connectivity index (χ4n) is 2.58. The summed E-state index contributed by atoms with van der Waals surface area (Å²) in [6.45, 7) is 0. The molecule has 1 atom stereocenters. The molecule has 1 unspecified atom stereocenters. The molecular formula is C14H19ClO2. The molecule has 1 fully saturated rings. The number of hydrogen-bond donors (Lipinski definition) is 1. The maximum Gasteiger partial charge on any atom is 0.137 e.